The summed E-state index contributed by atoms with van der Waals surface area (Å²) in [6.07, 6.45) is 0.952. The largest absolute Gasteiger partial charge is 0.475 e. The Morgan fingerprint density at radius 2 is 2.05 bits per heavy atom. The van der Waals surface area contributed by atoms with E-state index in [1.54, 1.807) is 13.0 Å². The van der Waals surface area contributed by atoms with Crippen molar-refractivity contribution in [3.05, 3.63) is 53.0 Å². The number of furan rings is 1. The lowest BCUT2D eigenvalue weighted by atomic mass is 10.1. The number of hydrogen-bond donors (Lipinski definition) is 2. The molecule has 4 heteroatoms. The van der Waals surface area contributed by atoms with Crippen LogP contribution in [0.4, 0.5) is 5.69 Å². The Balaban J connectivity index is 2.12. The van der Waals surface area contributed by atoms with Gasteiger partial charge in [0.15, 0.2) is 0 Å². The maximum absolute atomic E-state index is 10.8. The van der Waals surface area contributed by atoms with Crippen molar-refractivity contribution in [2.45, 2.75) is 26.8 Å². The van der Waals surface area contributed by atoms with Gasteiger partial charge in [-0.1, -0.05) is 25.1 Å². The molecule has 0 unspecified atom stereocenters. The van der Waals surface area contributed by atoms with Crippen LogP contribution in [0.2, 0.25) is 0 Å². The molecule has 0 aliphatic carbocycles. The molecule has 1 aromatic carbocycles. The highest BCUT2D eigenvalue weighted by Crippen LogP contribution is 2.19. The summed E-state index contributed by atoms with van der Waals surface area (Å²) < 4.78 is 5.18. The second kappa shape index (κ2) is 5.61. The van der Waals surface area contributed by atoms with Crippen molar-refractivity contribution >= 4 is 11.7 Å². The maximum Gasteiger partial charge on any atom is 0.371 e. The molecule has 0 spiro atoms. The molecular weight excluding hydrogens is 242 g/mol. The zero-order valence-electron chi connectivity index (χ0n) is 11.1. The third-order valence-electron chi connectivity index (χ3n) is 3.10. The summed E-state index contributed by atoms with van der Waals surface area (Å²) in [5.41, 5.74) is 3.17. The van der Waals surface area contributed by atoms with Crippen LogP contribution in [-0.2, 0) is 13.0 Å². The first-order chi connectivity index (χ1) is 9.11. The third-order valence-corrected chi connectivity index (χ3v) is 3.10. The van der Waals surface area contributed by atoms with E-state index in [4.69, 9.17) is 9.52 Å². The van der Waals surface area contributed by atoms with E-state index in [9.17, 15) is 4.79 Å². The van der Waals surface area contributed by atoms with Gasteiger partial charge in [0, 0.05) is 17.8 Å². The summed E-state index contributed by atoms with van der Waals surface area (Å²) in [6, 6.07) is 9.65. The van der Waals surface area contributed by atoms with Gasteiger partial charge in [-0.2, -0.15) is 0 Å². The molecule has 0 fully saturated rings. The van der Waals surface area contributed by atoms with Crippen molar-refractivity contribution < 1.29 is 14.3 Å². The molecular formula is C15H17NO3. The molecule has 100 valence electrons. The number of para-hydroxylation sites is 1. The van der Waals surface area contributed by atoms with Gasteiger partial charge in [-0.05, 0) is 31.0 Å². The number of aromatic carboxylic acids is 1. The first-order valence-corrected chi connectivity index (χ1v) is 6.26. The van der Waals surface area contributed by atoms with E-state index in [2.05, 4.69) is 18.3 Å². The molecule has 0 saturated carbocycles. The van der Waals surface area contributed by atoms with E-state index in [-0.39, 0.29) is 5.76 Å². The monoisotopic (exact) mass is 259 g/mol. The van der Waals surface area contributed by atoms with Gasteiger partial charge in [-0.15, -0.1) is 0 Å². The van der Waals surface area contributed by atoms with E-state index in [0.29, 0.717) is 12.3 Å². The molecule has 0 radical (unpaired) electrons. The van der Waals surface area contributed by atoms with Gasteiger partial charge in [0.1, 0.15) is 5.76 Å². The number of rotatable bonds is 5. The predicted molar refractivity (Wildman–Crippen MR) is 73.6 cm³/mol. The lowest BCUT2D eigenvalue weighted by molar-refractivity contribution is 0.0661. The molecule has 4 nitrogen and oxygen atoms in total. The highest BCUT2D eigenvalue weighted by Gasteiger charge is 2.12. The van der Waals surface area contributed by atoms with E-state index in [1.165, 1.54) is 5.56 Å². The van der Waals surface area contributed by atoms with Crippen molar-refractivity contribution in [1.29, 1.82) is 0 Å². The predicted octanol–water partition coefficient (Wildman–Crippen LogP) is 3.46. The zero-order valence-corrected chi connectivity index (χ0v) is 11.1. The van der Waals surface area contributed by atoms with E-state index in [1.807, 2.05) is 18.2 Å². The van der Waals surface area contributed by atoms with Crippen LogP contribution in [0.1, 0.15) is 34.4 Å². The van der Waals surface area contributed by atoms with Crippen LogP contribution in [-0.4, -0.2) is 11.1 Å². The van der Waals surface area contributed by atoms with Crippen molar-refractivity contribution in [3.63, 3.8) is 0 Å². The van der Waals surface area contributed by atoms with Crippen LogP contribution < -0.4 is 5.32 Å². The lowest BCUT2D eigenvalue weighted by Gasteiger charge is -2.10. The fourth-order valence-electron chi connectivity index (χ4n) is 1.99. The van der Waals surface area contributed by atoms with Crippen molar-refractivity contribution in [2.24, 2.45) is 0 Å². The fourth-order valence-corrected chi connectivity index (χ4v) is 1.99. The molecule has 0 bridgehead atoms. The Morgan fingerprint density at radius 3 is 2.68 bits per heavy atom. The molecule has 19 heavy (non-hydrogen) atoms. The van der Waals surface area contributed by atoms with Crippen LogP contribution in [0.25, 0.3) is 0 Å². The quantitative estimate of drug-likeness (QED) is 0.863. The summed E-state index contributed by atoms with van der Waals surface area (Å²) in [5, 5.41) is 12.2. The Bertz CT molecular complexity index is 587. The number of aryl methyl sites for hydroxylation is 2. The van der Waals surface area contributed by atoms with Crippen molar-refractivity contribution in [1.82, 2.24) is 0 Å². The molecule has 0 saturated heterocycles. The minimum absolute atomic E-state index is 0.0157. The fraction of sp³-hybridized carbons (Fsp3) is 0.267. The molecule has 0 amide bonds. The Labute approximate surface area is 112 Å². The van der Waals surface area contributed by atoms with Gasteiger partial charge < -0.3 is 14.8 Å². The third kappa shape index (κ3) is 2.96. The summed E-state index contributed by atoms with van der Waals surface area (Å²) in [7, 11) is 0. The highest BCUT2D eigenvalue weighted by atomic mass is 16.4. The van der Waals surface area contributed by atoms with Crippen molar-refractivity contribution in [2.75, 3.05) is 5.32 Å². The van der Waals surface area contributed by atoms with Crippen LogP contribution in [0, 0.1) is 6.92 Å². The number of carbonyl (C=O) groups is 1. The maximum atomic E-state index is 10.8. The minimum Gasteiger partial charge on any atom is -0.475 e. The standard InChI is InChI=1S/C15H17NO3/c1-3-11-6-4-5-7-13(11)16-9-12-8-14(15(17)18)19-10(12)2/h4-8,16H,3,9H2,1-2H3,(H,17,18). The molecule has 2 N–H and O–H groups in total. The van der Waals surface area contributed by atoms with Gasteiger partial charge in [-0.3, -0.25) is 0 Å². The van der Waals surface area contributed by atoms with Gasteiger partial charge in [0.2, 0.25) is 5.76 Å². The molecule has 2 aromatic rings. The van der Waals surface area contributed by atoms with Gasteiger partial charge in [-0.25, -0.2) is 4.79 Å². The zero-order chi connectivity index (χ0) is 13.8. The Hall–Kier alpha value is -2.23. The van der Waals surface area contributed by atoms with Crippen LogP contribution in [0.3, 0.4) is 0 Å². The van der Waals surface area contributed by atoms with Crippen LogP contribution in [0.15, 0.2) is 34.7 Å². The number of carboxylic acid groups (broad SMARTS) is 1. The number of benzene rings is 1. The van der Waals surface area contributed by atoms with Crippen LogP contribution >= 0.6 is 0 Å². The molecule has 1 aromatic heterocycles. The molecule has 0 aliphatic heterocycles. The smallest absolute Gasteiger partial charge is 0.371 e. The number of hydrogen-bond acceptors (Lipinski definition) is 3. The summed E-state index contributed by atoms with van der Waals surface area (Å²) in [4.78, 5) is 10.8. The summed E-state index contributed by atoms with van der Waals surface area (Å²) in [5.74, 6) is -0.416. The first kappa shape index (κ1) is 13.2. The van der Waals surface area contributed by atoms with Gasteiger partial charge in [0.05, 0.1) is 0 Å². The normalized spacial score (nSPS) is 10.4. The first-order valence-electron chi connectivity index (χ1n) is 6.26. The second-order valence-corrected chi connectivity index (χ2v) is 4.36. The van der Waals surface area contributed by atoms with E-state index < -0.39 is 5.97 Å². The minimum atomic E-state index is -1.04. The van der Waals surface area contributed by atoms with E-state index >= 15 is 0 Å². The second-order valence-electron chi connectivity index (χ2n) is 4.36. The topological polar surface area (TPSA) is 62.5 Å². The number of carboxylic acids is 1. The molecule has 0 atom stereocenters. The van der Waals surface area contributed by atoms with Crippen LogP contribution in [0.5, 0.6) is 0 Å². The average molecular weight is 259 g/mol. The lowest BCUT2D eigenvalue weighted by Crippen LogP contribution is -2.02. The SMILES string of the molecule is CCc1ccccc1NCc1cc(C(=O)O)oc1C. The molecule has 2 rings (SSSR count). The Kier molecular flexibility index (Phi) is 3.90. The molecule has 0 aliphatic rings. The Morgan fingerprint density at radius 1 is 1.32 bits per heavy atom. The van der Waals surface area contributed by atoms with Gasteiger partial charge in [0.25, 0.3) is 0 Å². The van der Waals surface area contributed by atoms with Crippen molar-refractivity contribution in [3.8, 4) is 0 Å². The van der Waals surface area contributed by atoms with Gasteiger partial charge >= 0.3 is 5.97 Å². The summed E-state index contributed by atoms with van der Waals surface area (Å²) >= 11 is 0. The number of anilines is 1. The summed E-state index contributed by atoms with van der Waals surface area (Å²) in [6.45, 7) is 4.43. The number of nitrogens with one attached hydrogen (secondary N) is 1. The van der Waals surface area contributed by atoms with E-state index in [0.717, 1.165) is 17.7 Å². The molecule has 1 heterocycles. The average Bonchev–Trinajstić information content (AvgIpc) is 2.78. The highest BCUT2D eigenvalue weighted by molar-refractivity contribution is 5.84.